The lowest BCUT2D eigenvalue weighted by Gasteiger charge is -2.24. The van der Waals surface area contributed by atoms with Crippen LogP contribution in [0.25, 0.3) is 0 Å². The van der Waals surface area contributed by atoms with Gasteiger partial charge in [-0.05, 0) is 26.0 Å². The number of aromatic hydroxyl groups is 2. The second-order valence-electron chi connectivity index (χ2n) is 5.58. The molecule has 5 nitrogen and oxygen atoms in total. The molecule has 0 radical (unpaired) electrons. The van der Waals surface area contributed by atoms with Gasteiger partial charge in [-0.15, -0.1) is 0 Å². The number of rotatable bonds is 2. The number of carbonyl (C=O) groups excluding carboxylic acids is 1. The third-order valence-electron chi connectivity index (χ3n) is 3.95. The van der Waals surface area contributed by atoms with Crippen LogP contribution < -0.4 is 0 Å². The van der Waals surface area contributed by atoms with Gasteiger partial charge in [0.15, 0.2) is 5.60 Å². The highest BCUT2D eigenvalue weighted by Crippen LogP contribution is 2.56. The molecule has 5 heteroatoms. The summed E-state index contributed by atoms with van der Waals surface area (Å²) in [5.41, 5.74) is -0.0322. The highest BCUT2D eigenvalue weighted by atomic mass is 16.6. The Kier molecular flexibility index (Phi) is 2.68. The monoisotopic (exact) mass is 276 g/mol. The molecule has 2 aliphatic rings. The van der Waals surface area contributed by atoms with Crippen LogP contribution in [0.1, 0.15) is 42.3 Å². The smallest absolute Gasteiger partial charge is 0.202 e. The number of aliphatic hydroxyl groups is 1. The Morgan fingerprint density at radius 1 is 1.35 bits per heavy atom. The van der Waals surface area contributed by atoms with Gasteiger partial charge in [0.05, 0.1) is 5.56 Å². The van der Waals surface area contributed by atoms with Crippen LogP contribution in [0.15, 0.2) is 23.8 Å². The summed E-state index contributed by atoms with van der Waals surface area (Å²) < 4.78 is 5.47. The van der Waals surface area contributed by atoms with Crippen molar-refractivity contribution in [3.63, 3.8) is 0 Å². The lowest BCUT2D eigenvalue weighted by Crippen LogP contribution is -2.35. The number of carbonyl (C=O) groups is 1. The minimum atomic E-state index is -1.11. The van der Waals surface area contributed by atoms with Gasteiger partial charge in [0.2, 0.25) is 5.78 Å². The van der Waals surface area contributed by atoms with Gasteiger partial charge in [-0.25, -0.2) is 0 Å². The van der Waals surface area contributed by atoms with Gasteiger partial charge < -0.3 is 20.1 Å². The average molecular weight is 276 g/mol. The summed E-state index contributed by atoms with van der Waals surface area (Å²) >= 11 is 0. The van der Waals surface area contributed by atoms with Crippen molar-refractivity contribution < 1.29 is 24.9 Å². The van der Waals surface area contributed by atoms with Gasteiger partial charge in [-0.3, -0.25) is 4.79 Å². The second-order valence-corrected chi connectivity index (χ2v) is 5.58. The molecule has 0 amide bonds. The van der Waals surface area contributed by atoms with Crippen molar-refractivity contribution >= 4 is 5.78 Å². The predicted octanol–water partition coefficient (Wildman–Crippen LogP) is 1.82. The molecule has 0 bridgehead atoms. The summed E-state index contributed by atoms with van der Waals surface area (Å²) in [7, 11) is 0. The lowest BCUT2D eigenvalue weighted by molar-refractivity contribution is 0.0856. The van der Waals surface area contributed by atoms with E-state index in [0.717, 1.165) is 5.57 Å². The third-order valence-corrected chi connectivity index (χ3v) is 3.95. The first-order valence-corrected chi connectivity index (χ1v) is 6.47. The Morgan fingerprint density at radius 3 is 2.65 bits per heavy atom. The maximum Gasteiger partial charge on any atom is 0.202 e. The number of fused-ring (bicyclic) bond motifs is 2. The summed E-state index contributed by atoms with van der Waals surface area (Å²) in [4.78, 5) is 12.6. The zero-order valence-corrected chi connectivity index (χ0v) is 11.3. The zero-order chi connectivity index (χ0) is 14.7. The number of ketones is 1. The van der Waals surface area contributed by atoms with Crippen LogP contribution in [-0.2, 0) is 4.74 Å². The Labute approximate surface area is 116 Å². The van der Waals surface area contributed by atoms with Crippen LogP contribution in [0, 0.1) is 0 Å². The van der Waals surface area contributed by atoms with Crippen molar-refractivity contribution in [1.29, 1.82) is 0 Å². The fourth-order valence-electron chi connectivity index (χ4n) is 2.81. The summed E-state index contributed by atoms with van der Waals surface area (Å²) in [6, 6.07) is 2.51. The first kappa shape index (κ1) is 13.1. The van der Waals surface area contributed by atoms with Gasteiger partial charge in [-0.2, -0.15) is 0 Å². The van der Waals surface area contributed by atoms with E-state index in [-0.39, 0.29) is 28.4 Å². The van der Waals surface area contributed by atoms with Crippen molar-refractivity contribution in [1.82, 2.24) is 0 Å². The summed E-state index contributed by atoms with van der Waals surface area (Å²) in [5, 5.41) is 30.0. The van der Waals surface area contributed by atoms with E-state index in [9.17, 15) is 20.1 Å². The molecule has 0 saturated carbocycles. The first-order valence-electron chi connectivity index (χ1n) is 6.47. The topological polar surface area (TPSA) is 90.3 Å². The molecule has 0 aromatic heterocycles. The normalized spacial score (nSPS) is 30.4. The molecule has 1 heterocycles. The largest absolute Gasteiger partial charge is 0.508 e. The molecule has 3 atom stereocenters. The minimum Gasteiger partial charge on any atom is -0.508 e. The van der Waals surface area contributed by atoms with E-state index in [2.05, 4.69) is 0 Å². The number of epoxide rings is 1. The van der Waals surface area contributed by atoms with Crippen LogP contribution in [0.4, 0.5) is 0 Å². The highest BCUT2D eigenvalue weighted by Gasteiger charge is 2.68. The van der Waals surface area contributed by atoms with E-state index in [0.29, 0.717) is 6.42 Å². The fourth-order valence-corrected chi connectivity index (χ4v) is 2.81. The van der Waals surface area contributed by atoms with Crippen molar-refractivity contribution in [2.75, 3.05) is 0 Å². The first-order chi connectivity index (χ1) is 9.38. The van der Waals surface area contributed by atoms with Gasteiger partial charge in [0, 0.05) is 12.0 Å². The van der Waals surface area contributed by atoms with E-state index >= 15 is 0 Å². The summed E-state index contributed by atoms with van der Waals surface area (Å²) in [6.45, 7) is 3.82. The van der Waals surface area contributed by atoms with Crippen molar-refractivity contribution in [3.05, 3.63) is 34.9 Å². The Bertz CT molecular complexity index is 629. The molecule has 106 valence electrons. The van der Waals surface area contributed by atoms with Gasteiger partial charge in [0.25, 0.3) is 0 Å². The number of Topliss-reactive ketones (excluding diaryl/α,β-unsaturated/α-hetero) is 1. The molecule has 1 aromatic rings. The van der Waals surface area contributed by atoms with E-state index in [4.69, 9.17) is 4.74 Å². The summed E-state index contributed by atoms with van der Waals surface area (Å²) in [5.74, 6) is -0.828. The molecule has 1 aliphatic carbocycles. The maximum atomic E-state index is 12.6. The minimum absolute atomic E-state index is 0.0339. The number of phenols is 2. The molecule has 20 heavy (non-hydrogen) atoms. The standard InChI is InChI=1S/C15H16O5/c1-7(2)5-6-15-13(19)11-9(17)4-3-8(16)10(11)12(18)14(15)20-15/h3-5,12,14,16-18H,6H2,1-2H3/t12-,14-,15+/m0/s1. The molecular weight excluding hydrogens is 260 g/mol. The SMILES string of the molecule is CC(C)=CC[C@]12O[C@H]1[C@@H](O)c1c(O)ccc(O)c1C2=O. The molecular formula is C15H16O5. The van der Waals surface area contributed by atoms with E-state index in [1.807, 2.05) is 19.9 Å². The van der Waals surface area contributed by atoms with Crippen molar-refractivity contribution in [3.8, 4) is 11.5 Å². The Balaban J connectivity index is 2.10. The number of benzene rings is 1. The van der Waals surface area contributed by atoms with Gasteiger partial charge >= 0.3 is 0 Å². The summed E-state index contributed by atoms with van der Waals surface area (Å²) in [6.07, 6.45) is 0.450. The number of hydrogen-bond donors (Lipinski definition) is 3. The van der Waals surface area contributed by atoms with Crippen molar-refractivity contribution in [2.24, 2.45) is 0 Å². The molecule has 3 N–H and O–H groups in total. The number of ether oxygens (including phenoxy) is 1. The molecule has 1 saturated heterocycles. The van der Waals surface area contributed by atoms with Crippen LogP contribution >= 0.6 is 0 Å². The molecule has 1 fully saturated rings. The van der Waals surface area contributed by atoms with Crippen LogP contribution in [0.3, 0.4) is 0 Å². The van der Waals surface area contributed by atoms with Gasteiger partial charge in [-0.1, -0.05) is 11.6 Å². The fraction of sp³-hybridized carbons (Fsp3) is 0.400. The van der Waals surface area contributed by atoms with E-state index in [1.54, 1.807) is 0 Å². The molecule has 1 aromatic carbocycles. The lowest BCUT2D eigenvalue weighted by atomic mass is 9.78. The van der Waals surface area contributed by atoms with Crippen molar-refractivity contribution in [2.45, 2.75) is 38.1 Å². The quantitative estimate of drug-likeness (QED) is 0.435. The zero-order valence-electron chi connectivity index (χ0n) is 11.3. The second kappa shape index (κ2) is 4.07. The highest BCUT2D eigenvalue weighted by molar-refractivity contribution is 6.10. The molecule has 0 spiro atoms. The van der Waals surface area contributed by atoms with E-state index in [1.165, 1.54) is 12.1 Å². The number of hydrogen-bond acceptors (Lipinski definition) is 5. The third kappa shape index (κ3) is 1.60. The molecule has 3 rings (SSSR count). The van der Waals surface area contributed by atoms with Gasteiger partial charge in [0.1, 0.15) is 23.7 Å². The Morgan fingerprint density at radius 2 is 2.00 bits per heavy atom. The number of phenolic OH excluding ortho intramolecular Hbond substituents is 2. The van der Waals surface area contributed by atoms with Crippen LogP contribution in [0.2, 0.25) is 0 Å². The molecule has 1 aliphatic heterocycles. The van der Waals surface area contributed by atoms with E-state index < -0.39 is 17.8 Å². The average Bonchev–Trinajstić information content (AvgIpc) is 3.13. The predicted molar refractivity (Wildman–Crippen MR) is 70.7 cm³/mol. The van der Waals surface area contributed by atoms with Crippen LogP contribution in [-0.4, -0.2) is 32.8 Å². The number of allylic oxidation sites excluding steroid dienone is 1. The Hall–Kier alpha value is -1.85. The maximum absolute atomic E-state index is 12.6. The van der Waals surface area contributed by atoms with Crippen LogP contribution in [0.5, 0.6) is 11.5 Å². The molecule has 0 unspecified atom stereocenters. The number of aliphatic hydroxyl groups excluding tert-OH is 1.